The Morgan fingerprint density at radius 3 is 2.72 bits per heavy atom. The molecule has 25 heavy (non-hydrogen) atoms. The summed E-state index contributed by atoms with van der Waals surface area (Å²) >= 11 is 5.88. The van der Waals surface area contributed by atoms with E-state index in [2.05, 4.69) is 15.2 Å². The SMILES string of the molecule is Cc1nc(C2CCCN(S(=O)(=O)N(C)Cc3ccc(Cl)cc3)C2)n[nH]1. The van der Waals surface area contributed by atoms with E-state index >= 15 is 0 Å². The molecule has 2 aromatic rings. The third-order valence-corrected chi connectivity index (χ3v) is 6.56. The predicted octanol–water partition coefficient (Wildman–Crippen LogP) is 2.32. The van der Waals surface area contributed by atoms with E-state index in [-0.39, 0.29) is 5.92 Å². The lowest BCUT2D eigenvalue weighted by Gasteiger charge is -2.33. The molecule has 0 spiro atoms. The quantitative estimate of drug-likeness (QED) is 0.858. The first-order valence-corrected chi connectivity index (χ1v) is 9.98. The summed E-state index contributed by atoms with van der Waals surface area (Å²) in [6, 6.07) is 7.20. The van der Waals surface area contributed by atoms with Gasteiger partial charge in [-0.15, -0.1) is 0 Å². The fourth-order valence-corrected chi connectivity index (χ4v) is 4.59. The van der Waals surface area contributed by atoms with Crippen molar-refractivity contribution in [2.75, 3.05) is 20.1 Å². The molecule has 0 bridgehead atoms. The number of hydrogen-bond acceptors (Lipinski definition) is 4. The van der Waals surface area contributed by atoms with E-state index in [1.165, 1.54) is 8.61 Å². The van der Waals surface area contributed by atoms with Gasteiger partial charge >= 0.3 is 0 Å². The smallest absolute Gasteiger partial charge is 0.263 e. The Balaban J connectivity index is 1.70. The van der Waals surface area contributed by atoms with Crippen LogP contribution in [0, 0.1) is 6.92 Å². The second-order valence-electron chi connectivity index (χ2n) is 6.37. The molecule has 0 amide bonds. The Morgan fingerprint density at radius 2 is 2.08 bits per heavy atom. The van der Waals surface area contributed by atoms with Gasteiger partial charge in [-0.05, 0) is 37.5 Å². The molecule has 9 heteroatoms. The second-order valence-corrected chi connectivity index (χ2v) is 8.84. The topological polar surface area (TPSA) is 82.2 Å². The summed E-state index contributed by atoms with van der Waals surface area (Å²) in [5, 5.41) is 7.66. The first-order chi connectivity index (χ1) is 11.9. The van der Waals surface area contributed by atoms with Crippen molar-refractivity contribution >= 4 is 21.8 Å². The van der Waals surface area contributed by atoms with Crippen LogP contribution in [0.15, 0.2) is 24.3 Å². The van der Waals surface area contributed by atoms with E-state index < -0.39 is 10.2 Å². The van der Waals surface area contributed by atoms with Crippen molar-refractivity contribution in [1.29, 1.82) is 0 Å². The van der Waals surface area contributed by atoms with Crippen molar-refractivity contribution in [2.24, 2.45) is 0 Å². The Labute approximate surface area is 153 Å². The lowest BCUT2D eigenvalue weighted by Crippen LogP contribution is -2.46. The predicted molar refractivity (Wildman–Crippen MR) is 96.5 cm³/mol. The molecule has 1 aromatic heterocycles. The van der Waals surface area contributed by atoms with Crippen molar-refractivity contribution in [3.63, 3.8) is 0 Å². The third kappa shape index (κ3) is 4.20. The summed E-state index contributed by atoms with van der Waals surface area (Å²) in [4.78, 5) is 4.36. The van der Waals surface area contributed by atoms with Gasteiger partial charge in [0, 0.05) is 37.6 Å². The fraction of sp³-hybridized carbons (Fsp3) is 0.500. The molecular formula is C16H22ClN5O2S. The second kappa shape index (κ2) is 7.41. The highest BCUT2D eigenvalue weighted by atomic mass is 35.5. The van der Waals surface area contributed by atoms with E-state index in [1.807, 2.05) is 19.1 Å². The highest BCUT2D eigenvalue weighted by Gasteiger charge is 2.33. The molecule has 0 radical (unpaired) electrons. The van der Waals surface area contributed by atoms with Crippen LogP contribution in [0.3, 0.4) is 0 Å². The van der Waals surface area contributed by atoms with Gasteiger partial charge in [-0.3, -0.25) is 5.10 Å². The standard InChI is InChI=1S/C16H22ClN5O2S/c1-12-18-16(20-19-12)14-4-3-9-22(11-14)25(23,24)21(2)10-13-5-7-15(17)8-6-13/h5-8,14H,3-4,9-11H2,1-2H3,(H,18,19,20). The molecule has 2 heterocycles. The zero-order valence-corrected chi connectivity index (χ0v) is 15.9. The Hall–Kier alpha value is -1.48. The number of rotatable bonds is 5. The number of aromatic amines is 1. The van der Waals surface area contributed by atoms with Gasteiger partial charge in [0.05, 0.1) is 0 Å². The van der Waals surface area contributed by atoms with Gasteiger partial charge in [0.2, 0.25) is 0 Å². The highest BCUT2D eigenvalue weighted by molar-refractivity contribution is 7.86. The summed E-state index contributed by atoms with van der Waals surface area (Å²) in [6.45, 7) is 3.08. The Kier molecular flexibility index (Phi) is 5.43. The van der Waals surface area contributed by atoms with E-state index in [0.717, 1.165) is 24.2 Å². The normalized spacial score (nSPS) is 19.4. The van der Waals surface area contributed by atoms with Crippen LogP contribution in [-0.4, -0.2) is 52.3 Å². The molecule has 1 aliphatic rings. The molecule has 1 unspecified atom stereocenters. The number of halogens is 1. The summed E-state index contributed by atoms with van der Waals surface area (Å²) < 4.78 is 28.7. The van der Waals surface area contributed by atoms with Crippen LogP contribution in [0.1, 0.15) is 36.0 Å². The zero-order chi connectivity index (χ0) is 18.0. The van der Waals surface area contributed by atoms with Gasteiger partial charge in [-0.2, -0.15) is 22.1 Å². The van der Waals surface area contributed by atoms with Crippen LogP contribution in [0.2, 0.25) is 5.02 Å². The average Bonchev–Trinajstić information content (AvgIpc) is 3.03. The van der Waals surface area contributed by atoms with E-state index in [0.29, 0.717) is 30.5 Å². The van der Waals surface area contributed by atoms with Crippen molar-refractivity contribution in [1.82, 2.24) is 23.8 Å². The number of nitrogens with one attached hydrogen (secondary N) is 1. The lowest BCUT2D eigenvalue weighted by molar-refractivity contribution is 0.286. The molecule has 1 aromatic carbocycles. The van der Waals surface area contributed by atoms with Crippen molar-refractivity contribution in [2.45, 2.75) is 32.2 Å². The van der Waals surface area contributed by atoms with Crippen LogP contribution in [0.25, 0.3) is 0 Å². The van der Waals surface area contributed by atoms with Crippen LogP contribution >= 0.6 is 11.6 Å². The van der Waals surface area contributed by atoms with Crippen LogP contribution in [0.5, 0.6) is 0 Å². The highest BCUT2D eigenvalue weighted by Crippen LogP contribution is 2.27. The van der Waals surface area contributed by atoms with Gasteiger partial charge in [-0.1, -0.05) is 23.7 Å². The summed E-state index contributed by atoms with van der Waals surface area (Å²) in [7, 11) is -1.93. The maximum Gasteiger partial charge on any atom is 0.282 e. The van der Waals surface area contributed by atoms with E-state index in [9.17, 15) is 8.42 Å². The maximum absolute atomic E-state index is 12.9. The van der Waals surface area contributed by atoms with Crippen LogP contribution in [-0.2, 0) is 16.8 Å². The molecule has 7 nitrogen and oxygen atoms in total. The number of aromatic nitrogens is 3. The van der Waals surface area contributed by atoms with Gasteiger partial charge in [0.15, 0.2) is 5.82 Å². The minimum atomic E-state index is -3.54. The number of piperidine rings is 1. The molecule has 1 N–H and O–H groups in total. The summed E-state index contributed by atoms with van der Waals surface area (Å²) in [6.07, 6.45) is 1.69. The summed E-state index contributed by atoms with van der Waals surface area (Å²) in [5.41, 5.74) is 0.897. The van der Waals surface area contributed by atoms with Crippen LogP contribution in [0.4, 0.5) is 0 Å². The van der Waals surface area contributed by atoms with E-state index in [1.54, 1.807) is 19.2 Å². The van der Waals surface area contributed by atoms with E-state index in [4.69, 9.17) is 11.6 Å². The maximum atomic E-state index is 12.9. The molecular weight excluding hydrogens is 362 g/mol. The fourth-order valence-electron chi connectivity index (χ4n) is 3.03. The molecule has 1 atom stereocenters. The van der Waals surface area contributed by atoms with Gasteiger partial charge in [-0.25, -0.2) is 4.98 Å². The van der Waals surface area contributed by atoms with Crippen molar-refractivity contribution < 1.29 is 8.42 Å². The molecule has 3 rings (SSSR count). The molecule has 1 fully saturated rings. The third-order valence-electron chi connectivity index (χ3n) is 4.40. The van der Waals surface area contributed by atoms with Gasteiger partial charge < -0.3 is 0 Å². The number of H-pyrrole nitrogens is 1. The molecule has 0 saturated carbocycles. The van der Waals surface area contributed by atoms with Crippen molar-refractivity contribution in [3.05, 3.63) is 46.5 Å². The lowest BCUT2D eigenvalue weighted by atomic mass is 9.99. The number of aryl methyl sites for hydroxylation is 1. The Morgan fingerprint density at radius 1 is 1.36 bits per heavy atom. The first kappa shape index (κ1) is 18.3. The average molecular weight is 384 g/mol. The van der Waals surface area contributed by atoms with Gasteiger partial charge in [0.1, 0.15) is 5.82 Å². The first-order valence-electron chi connectivity index (χ1n) is 8.21. The Bertz CT molecular complexity index is 821. The monoisotopic (exact) mass is 383 g/mol. The number of nitrogens with zero attached hydrogens (tertiary/aromatic N) is 4. The van der Waals surface area contributed by atoms with Crippen molar-refractivity contribution in [3.8, 4) is 0 Å². The summed E-state index contributed by atoms with van der Waals surface area (Å²) in [5.74, 6) is 1.46. The number of hydrogen-bond donors (Lipinski definition) is 1. The molecule has 136 valence electrons. The van der Waals surface area contributed by atoms with Crippen LogP contribution < -0.4 is 0 Å². The molecule has 0 aliphatic carbocycles. The minimum Gasteiger partial charge on any atom is -0.263 e. The molecule has 1 saturated heterocycles. The largest absolute Gasteiger partial charge is 0.282 e. The molecule has 1 aliphatic heterocycles. The minimum absolute atomic E-state index is 0.0254. The number of benzene rings is 1. The van der Waals surface area contributed by atoms with Gasteiger partial charge in [0.25, 0.3) is 10.2 Å². The zero-order valence-electron chi connectivity index (χ0n) is 14.3.